The van der Waals surface area contributed by atoms with E-state index in [0.29, 0.717) is 18.1 Å². The average molecular weight is 321 g/mol. The predicted molar refractivity (Wildman–Crippen MR) is 98.8 cm³/mol. The van der Waals surface area contributed by atoms with Gasteiger partial charge in [0.2, 0.25) is 0 Å². The van der Waals surface area contributed by atoms with Crippen molar-refractivity contribution >= 4 is 5.78 Å². The summed E-state index contributed by atoms with van der Waals surface area (Å²) in [6, 6.07) is 21.0. The molecule has 0 bridgehead atoms. The summed E-state index contributed by atoms with van der Waals surface area (Å²) in [7, 11) is 0. The number of piperidine rings is 1. The summed E-state index contributed by atoms with van der Waals surface area (Å²) < 4.78 is 0. The van der Waals surface area contributed by atoms with Gasteiger partial charge in [-0.1, -0.05) is 60.7 Å². The molecule has 0 atom stereocenters. The molecule has 126 valence electrons. The van der Waals surface area contributed by atoms with Gasteiger partial charge in [-0.3, -0.25) is 9.69 Å². The minimum absolute atomic E-state index is 0.431. The van der Waals surface area contributed by atoms with Crippen LogP contribution in [0.2, 0.25) is 0 Å². The molecule has 0 saturated carbocycles. The molecule has 24 heavy (non-hydrogen) atoms. The van der Waals surface area contributed by atoms with Crippen LogP contribution in [0.15, 0.2) is 60.7 Å². The molecule has 0 unspecified atom stereocenters. The van der Waals surface area contributed by atoms with Crippen molar-refractivity contribution in [3.8, 4) is 0 Å². The lowest BCUT2D eigenvalue weighted by Gasteiger charge is -2.31. The Morgan fingerprint density at radius 1 is 0.875 bits per heavy atom. The van der Waals surface area contributed by atoms with Gasteiger partial charge < -0.3 is 0 Å². The Labute approximate surface area is 145 Å². The second-order valence-corrected chi connectivity index (χ2v) is 6.93. The topological polar surface area (TPSA) is 20.3 Å². The highest BCUT2D eigenvalue weighted by Gasteiger charge is 2.21. The lowest BCUT2D eigenvalue weighted by molar-refractivity contribution is -0.120. The molecule has 0 aliphatic carbocycles. The Morgan fingerprint density at radius 2 is 1.46 bits per heavy atom. The first-order valence-corrected chi connectivity index (χ1v) is 9.11. The van der Waals surface area contributed by atoms with Crippen LogP contribution in [0.25, 0.3) is 0 Å². The van der Waals surface area contributed by atoms with E-state index in [1.165, 1.54) is 11.1 Å². The van der Waals surface area contributed by atoms with Gasteiger partial charge >= 0.3 is 0 Å². The van der Waals surface area contributed by atoms with E-state index in [2.05, 4.69) is 47.4 Å². The second-order valence-electron chi connectivity index (χ2n) is 6.93. The molecule has 1 heterocycles. The third kappa shape index (κ3) is 5.31. The minimum Gasteiger partial charge on any atom is -0.300 e. The fourth-order valence-corrected chi connectivity index (χ4v) is 3.54. The smallest absolute Gasteiger partial charge is 0.133 e. The number of aryl methyl sites for hydroxylation is 1. The van der Waals surface area contributed by atoms with E-state index >= 15 is 0 Å². The molecule has 0 spiro atoms. The van der Waals surface area contributed by atoms with Crippen LogP contribution < -0.4 is 0 Å². The van der Waals surface area contributed by atoms with Crippen LogP contribution in [0.1, 0.15) is 36.8 Å². The van der Waals surface area contributed by atoms with Gasteiger partial charge in [-0.15, -0.1) is 0 Å². The van der Waals surface area contributed by atoms with E-state index in [1.54, 1.807) is 0 Å². The zero-order chi connectivity index (χ0) is 16.6. The van der Waals surface area contributed by atoms with Gasteiger partial charge in [0.15, 0.2) is 0 Å². The van der Waals surface area contributed by atoms with Crippen molar-refractivity contribution in [2.75, 3.05) is 13.1 Å². The van der Waals surface area contributed by atoms with E-state index in [4.69, 9.17) is 0 Å². The molecule has 2 aromatic carbocycles. The first-order chi connectivity index (χ1) is 11.8. The molecule has 1 aliphatic heterocycles. The highest BCUT2D eigenvalue weighted by atomic mass is 16.1. The molecule has 2 nitrogen and oxygen atoms in total. The van der Waals surface area contributed by atoms with Crippen molar-refractivity contribution in [1.29, 1.82) is 0 Å². The number of ketones is 1. The van der Waals surface area contributed by atoms with E-state index in [9.17, 15) is 4.79 Å². The summed E-state index contributed by atoms with van der Waals surface area (Å²) in [6.07, 6.45) is 4.65. The molecule has 1 aliphatic rings. The number of carbonyl (C=O) groups excluding carboxylic acids is 1. The average Bonchev–Trinajstić information content (AvgIpc) is 2.63. The summed E-state index contributed by atoms with van der Waals surface area (Å²) >= 11 is 0. The fraction of sp³-hybridized carbons (Fsp3) is 0.409. The van der Waals surface area contributed by atoms with E-state index in [0.717, 1.165) is 45.3 Å². The Balaban J connectivity index is 1.36. The van der Waals surface area contributed by atoms with Crippen molar-refractivity contribution in [2.24, 2.45) is 5.92 Å². The monoisotopic (exact) mass is 321 g/mol. The van der Waals surface area contributed by atoms with Crippen molar-refractivity contribution in [3.05, 3.63) is 71.8 Å². The van der Waals surface area contributed by atoms with Crippen LogP contribution in [-0.2, 0) is 17.8 Å². The van der Waals surface area contributed by atoms with Gasteiger partial charge in [0, 0.05) is 19.4 Å². The number of rotatable bonds is 7. The molecule has 0 aromatic heterocycles. The van der Waals surface area contributed by atoms with Crippen LogP contribution >= 0.6 is 0 Å². The summed E-state index contributed by atoms with van der Waals surface area (Å²) in [6.45, 7) is 3.27. The largest absolute Gasteiger partial charge is 0.300 e. The molecule has 0 radical (unpaired) electrons. The first kappa shape index (κ1) is 16.9. The number of Topliss-reactive ketones (excluding diaryl/α,β-unsaturated/α-hetero) is 1. The molecule has 0 N–H and O–H groups in total. The third-order valence-electron chi connectivity index (χ3n) is 5.01. The number of benzene rings is 2. The highest BCUT2D eigenvalue weighted by molar-refractivity contribution is 5.78. The summed E-state index contributed by atoms with van der Waals surface area (Å²) in [5.41, 5.74) is 2.65. The molecule has 2 aromatic rings. The van der Waals surface area contributed by atoms with Crippen LogP contribution in [0.4, 0.5) is 0 Å². The van der Waals surface area contributed by atoms with Crippen LogP contribution in [0.3, 0.4) is 0 Å². The first-order valence-electron chi connectivity index (χ1n) is 9.11. The molecule has 1 saturated heterocycles. The number of nitrogens with zero attached hydrogens (tertiary/aromatic N) is 1. The summed E-state index contributed by atoms with van der Waals surface area (Å²) in [4.78, 5) is 14.8. The number of likely N-dealkylation sites (tertiary alicyclic amines) is 1. The van der Waals surface area contributed by atoms with E-state index < -0.39 is 0 Å². The van der Waals surface area contributed by atoms with Gasteiger partial charge in [-0.05, 0) is 49.4 Å². The molecular formula is C22H27NO. The number of hydrogen-bond acceptors (Lipinski definition) is 2. The fourth-order valence-electron chi connectivity index (χ4n) is 3.54. The normalized spacial score (nSPS) is 16.2. The minimum atomic E-state index is 0.431. The molecular weight excluding hydrogens is 294 g/mol. The van der Waals surface area contributed by atoms with Crippen molar-refractivity contribution in [3.63, 3.8) is 0 Å². The lowest BCUT2D eigenvalue weighted by Crippen LogP contribution is -2.33. The van der Waals surface area contributed by atoms with Gasteiger partial charge in [0.1, 0.15) is 5.78 Å². The van der Waals surface area contributed by atoms with E-state index in [1.807, 2.05) is 18.2 Å². The molecule has 3 rings (SSSR count). The Morgan fingerprint density at radius 3 is 2.08 bits per heavy atom. The number of carbonyl (C=O) groups is 1. The highest BCUT2D eigenvalue weighted by Crippen LogP contribution is 2.23. The Hall–Kier alpha value is -1.93. The van der Waals surface area contributed by atoms with Crippen molar-refractivity contribution in [1.82, 2.24) is 4.90 Å². The Bertz CT molecular complexity index is 615. The summed E-state index contributed by atoms with van der Waals surface area (Å²) in [5.74, 6) is 1.01. The van der Waals surface area contributed by atoms with Gasteiger partial charge in [-0.25, -0.2) is 0 Å². The van der Waals surface area contributed by atoms with Gasteiger partial charge in [0.05, 0.1) is 0 Å². The lowest BCUT2D eigenvalue weighted by atomic mass is 9.90. The number of hydrogen-bond donors (Lipinski definition) is 0. The second kappa shape index (κ2) is 8.79. The van der Waals surface area contributed by atoms with Gasteiger partial charge in [-0.2, -0.15) is 0 Å². The standard InChI is InChI=1S/C22H27NO/c24-22(12-11-19-7-3-1-4-8-19)17-20-13-15-23(16-14-20)18-21-9-5-2-6-10-21/h1-10,20H,11-18H2. The molecule has 1 fully saturated rings. The van der Waals surface area contributed by atoms with Crippen LogP contribution in [0.5, 0.6) is 0 Å². The predicted octanol–water partition coefficient (Wildman–Crippen LogP) is 4.49. The van der Waals surface area contributed by atoms with Crippen molar-refractivity contribution < 1.29 is 4.79 Å². The SMILES string of the molecule is O=C(CCc1ccccc1)CC1CCN(Cc2ccccc2)CC1. The summed E-state index contributed by atoms with van der Waals surface area (Å²) in [5, 5.41) is 0. The third-order valence-corrected chi connectivity index (χ3v) is 5.01. The zero-order valence-corrected chi connectivity index (χ0v) is 14.4. The maximum Gasteiger partial charge on any atom is 0.133 e. The van der Waals surface area contributed by atoms with Crippen LogP contribution in [-0.4, -0.2) is 23.8 Å². The maximum atomic E-state index is 12.2. The zero-order valence-electron chi connectivity index (χ0n) is 14.4. The van der Waals surface area contributed by atoms with Crippen LogP contribution in [0, 0.1) is 5.92 Å². The van der Waals surface area contributed by atoms with Gasteiger partial charge in [0.25, 0.3) is 0 Å². The van der Waals surface area contributed by atoms with E-state index in [-0.39, 0.29) is 0 Å². The quantitative estimate of drug-likeness (QED) is 0.749. The molecule has 2 heteroatoms. The van der Waals surface area contributed by atoms with Crippen molar-refractivity contribution in [2.45, 2.75) is 38.6 Å². The Kier molecular flexibility index (Phi) is 6.20. The molecule has 0 amide bonds. The maximum absolute atomic E-state index is 12.2.